The van der Waals surface area contributed by atoms with Crippen LogP contribution in [0.15, 0.2) is 53.4 Å². The minimum Gasteiger partial charge on any atom is -0.481 e. The number of carbonyl (C=O) groups is 1. The minimum absolute atomic E-state index is 0.00540. The highest BCUT2D eigenvalue weighted by Gasteiger charge is 2.22. The Bertz CT molecular complexity index is 677. The van der Waals surface area contributed by atoms with E-state index in [0.29, 0.717) is 0 Å². The van der Waals surface area contributed by atoms with Gasteiger partial charge in [-0.05, 0) is 30.2 Å². The number of hydrogen-bond acceptors (Lipinski definition) is 3. The molecule has 1 atom stereocenters. The molecule has 0 aliphatic carbocycles. The molecule has 1 heterocycles. The second-order valence-corrected chi connectivity index (χ2v) is 6.15. The third-order valence-electron chi connectivity index (χ3n) is 3.49. The van der Waals surface area contributed by atoms with Crippen molar-refractivity contribution in [2.45, 2.75) is 17.4 Å². The first-order valence-corrected chi connectivity index (χ1v) is 8.11. The van der Waals surface area contributed by atoms with Gasteiger partial charge >= 0.3 is 0 Å². The summed E-state index contributed by atoms with van der Waals surface area (Å²) in [6.07, 6.45) is 0.882. The lowest BCUT2D eigenvalue weighted by atomic mass is 10.0. The summed E-state index contributed by atoms with van der Waals surface area (Å²) in [5.41, 5.74) is 1.14. The molecule has 0 bridgehead atoms. The molecule has 2 aromatic rings. The molecule has 3 nitrogen and oxygen atoms in total. The normalized spacial score (nSPS) is 16.7. The molecular formula is C17H16FNO2S. The summed E-state index contributed by atoms with van der Waals surface area (Å²) in [4.78, 5) is 13.2. The fraction of sp³-hybridized carbons (Fsp3) is 0.235. The van der Waals surface area contributed by atoms with Crippen molar-refractivity contribution in [1.29, 1.82) is 0 Å². The van der Waals surface area contributed by atoms with Gasteiger partial charge in [-0.2, -0.15) is 0 Å². The van der Waals surface area contributed by atoms with Crippen molar-refractivity contribution in [2.24, 2.45) is 0 Å². The molecule has 5 heteroatoms. The van der Waals surface area contributed by atoms with E-state index in [-0.39, 0.29) is 24.3 Å². The predicted octanol–water partition coefficient (Wildman–Crippen LogP) is 3.56. The second-order valence-electron chi connectivity index (χ2n) is 5.01. The molecule has 3 rings (SSSR count). The zero-order valence-electron chi connectivity index (χ0n) is 11.9. The molecule has 2 aromatic carbocycles. The van der Waals surface area contributed by atoms with Crippen LogP contribution in [0.4, 0.5) is 4.39 Å². The van der Waals surface area contributed by atoms with Crippen LogP contribution in [-0.4, -0.2) is 18.3 Å². The van der Waals surface area contributed by atoms with E-state index < -0.39 is 5.82 Å². The Morgan fingerprint density at radius 1 is 1.23 bits per heavy atom. The van der Waals surface area contributed by atoms with Gasteiger partial charge in [0.1, 0.15) is 0 Å². The number of fused-ring (bicyclic) bond motifs is 1. The smallest absolute Gasteiger partial charge is 0.258 e. The highest BCUT2D eigenvalue weighted by Crippen LogP contribution is 2.35. The molecule has 22 heavy (non-hydrogen) atoms. The summed E-state index contributed by atoms with van der Waals surface area (Å²) in [6.45, 7) is -0.188. The van der Waals surface area contributed by atoms with E-state index in [1.165, 1.54) is 17.0 Å². The summed E-state index contributed by atoms with van der Waals surface area (Å²) < 4.78 is 18.7. The van der Waals surface area contributed by atoms with Crippen molar-refractivity contribution >= 4 is 17.7 Å². The number of benzene rings is 2. The molecule has 0 spiro atoms. The van der Waals surface area contributed by atoms with Crippen molar-refractivity contribution in [2.75, 3.05) is 12.4 Å². The second kappa shape index (κ2) is 6.83. The number of para-hydroxylation sites is 1. The van der Waals surface area contributed by atoms with Gasteiger partial charge in [0, 0.05) is 10.6 Å². The third-order valence-corrected chi connectivity index (χ3v) is 4.61. The summed E-state index contributed by atoms with van der Waals surface area (Å²) in [5, 5.41) is 2.97. The number of ether oxygens (including phenoxy) is 1. The van der Waals surface area contributed by atoms with Gasteiger partial charge in [0.15, 0.2) is 18.2 Å². The maximum absolute atomic E-state index is 13.4. The van der Waals surface area contributed by atoms with Gasteiger partial charge in [-0.25, -0.2) is 4.39 Å². The number of carbonyl (C=O) groups excluding carboxylic acids is 1. The van der Waals surface area contributed by atoms with E-state index in [9.17, 15) is 9.18 Å². The molecule has 114 valence electrons. The zero-order valence-corrected chi connectivity index (χ0v) is 12.7. The molecule has 0 fully saturated rings. The molecule has 0 aromatic heterocycles. The van der Waals surface area contributed by atoms with Crippen molar-refractivity contribution in [1.82, 2.24) is 5.32 Å². The molecule has 0 saturated heterocycles. The molecule has 1 amide bonds. The molecule has 0 unspecified atom stereocenters. The number of halogens is 1. The van der Waals surface area contributed by atoms with Gasteiger partial charge in [0.2, 0.25) is 0 Å². The monoisotopic (exact) mass is 317 g/mol. The van der Waals surface area contributed by atoms with Crippen LogP contribution in [0, 0.1) is 5.82 Å². The van der Waals surface area contributed by atoms with Crippen molar-refractivity contribution in [3.63, 3.8) is 0 Å². The Hall–Kier alpha value is -2.01. The van der Waals surface area contributed by atoms with Gasteiger partial charge in [-0.3, -0.25) is 4.79 Å². The van der Waals surface area contributed by atoms with E-state index in [2.05, 4.69) is 11.4 Å². The highest BCUT2D eigenvalue weighted by molar-refractivity contribution is 7.99. The lowest BCUT2D eigenvalue weighted by Gasteiger charge is -2.25. The van der Waals surface area contributed by atoms with Crippen LogP contribution in [0.25, 0.3) is 0 Å². The van der Waals surface area contributed by atoms with Crippen LogP contribution in [0.2, 0.25) is 0 Å². The number of thioether (sulfide) groups is 1. The number of nitrogens with one attached hydrogen (secondary N) is 1. The van der Waals surface area contributed by atoms with Gasteiger partial charge < -0.3 is 10.1 Å². The predicted molar refractivity (Wildman–Crippen MR) is 84.6 cm³/mol. The van der Waals surface area contributed by atoms with Gasteiger partial charge in [-0.15, -0.1) is 11.8 Å². The minimum atomic E-state index is -0.463. The third kappa shape index (κ3) is 3.42. The SMILES string of the molecule is O=C(COc1ccccc1F)N[C@@H]1CCSc2ccccc21. The highest BCUT2D eigenvalue weighted by atomic mass is 32.2. The van der Waals surface area contributed by atoms with Crippen LogP contribution in [0.3, 0.4) is 0 Å². The number of rotatable bonds is 4. The van der Waals surface area contributed by atoms with Crippen LogP contribution in [0.1, 0.15) is 18.0 Å². The van der Waals surface area contributed by atoms with Crippen LogP contribution < -0.4 is 10.1 Å². The van der Waals surface area contributed by atoms with E-state index in [4.69, 9.17) is 4.74 Å². The summed E-state index contributed by atoms with van der Waals surface area (Å²) in [5.74, 6) is 0.359. The largest absolute Gasteiger partial charge is 0.481 e. The van der Waals surface area contributed by atoms with Gasteiger partial charge in [0.05, 0.1) is 6.04 Å². The fourth-order valence-electron chi connectivity index (χ4n) is 2.43. The Labute approximate surface area is 132 Å². The Morgan fingerprint density at radius 3 is 2.86 bits per heavy atom. The topological polar surface area (TPSA) is 38.3 Å². The summed E-state index contributed by atoms with van der Waals surface area (Å²) in [7, 11) is 0. The quantitative estimate of drug-likeness (QED) is 0.937. The Morgan fingerprint density at radius 2 is 2.00 bits per heavy atom. The van der Waals surface area contributed by atoms with Crippen LogP contribution >= 0.6 is 11.8 Å². The standard InChI is InChI=1S/C17H16FNO2S/c18-13-6-2-3-7-15(13)21-11-17(20)19-14-9-10-22-16-8-4-1-5-12(14)16/h1-8,14H,9-11H2,(H,19,20)/t14-/m1/s1. The first-order chi connectivity index (χ1) is 10.7. The molecule has 1 N–H and O–H groups in total. The maximum atomic E-state index is 13.4. The first-order valence-electron chi connectivity index (χ1n) is 7.12. The van der Waals surface area contributed by atoms with Crippen LogP contribution in [0.5, 0.6) is 5.75 Å². The lowest BCUT2D eigenvalue weighted by molar-refractivity contribution is -0.123. The lowest BCUT2D eigenvalue weighted by Crippen LogP contribution is -2.34. The Balaban J connectivity index is 1.60. The molecule has 1 aliphatic rings. The van der Waals surface area contributed by atoms with E-state index >= 15 is 0 Å². The average molecular weight is 317 g/mol. The fourth-order valence-corrected chi connectivity index (χ4v) is 3.56. The first kappa shape index (κ1) is 14.9. The maximum Gasteiger partial charge on any atom is 0.258 e. The van der Waals surface area contributed by atoms with Gasteiger partial charge in [-0.1, -0.05) is 30.3 Å². The summed E-state index contributed by atoms with van der Waals surface area (Å²) >= 11 is 1.80. The average Bonchev–Trinajstić information content (AvgIpc) is 2.54. The zero-order chi connectivity index (χ0) is 15.4. The molecule has 1 aliphatic heterocycles. The van der Waals surface area contributed by atoms with E-state index in [1.807, 2.05) is 18.2 Å². The molecule has 0 saturated carbocycles. The Kier molecular flexibility index (Phi) is 4.63. The van der Waals surface area contributed by atoms with E-state index in [0.717, 1.165) is 17.7 Å². The molecular weight excluding hydrogens is 301 g/mol. The number of hydrogen-bond donors (Lipinski definition) is 1. The summed E-state index contributed by atoms with van der Waals surface area (Å²) in [6, 6.07) is 14.1. The van der Waals surface area contributed by atoms with Crippen LogP contribution in [-0.2, 0) is 4.79 Å². The number of amides is 1. The molecule has 0 radical (unpaired) electrons. The van der Waals surface area contributed by atoms with E-state index in [1.54, 1.807) is 23.9 Å². The van der Waals surface area contributed by atoms with Crippen molar-refractivity contribution < 1.29 is 13.9 Å². The van der Waals surface area contributed by atoms with Gasteiger partial charge in [0.25, 0.3) is 5.91 Å². The van der Waals surface area contributed by atoms with Crippen molar-refractivity contribution in [3.8, 4) is 5.75 Å². The van der Waals surface area contributed by atoms with Crippen molar-refractivity contribution in [3.05, 3.63) is 59.9 Å².